The Hall–Kier alpha value is 0. The molecule has 0 aromatic carbocycles. The molecule has 2 aliphatic rings. The number of rotatable bonds is 3. The summed E-state index contributed by atoms with van der Waals surface area (Å²) in [5, 5.41) is 0. The maximum atomic E-state index is 2.35. The number of hydrogen-bond acceptors (Lipinski definition) is 0. The van der Waals surface area contributed by atoms with E-state index >= 15 is 0 Å². The summed E-state index contributed by atoms with van der Waals surface area (Å²) in [6, 6.07) is 0. The molecule has 0 heterocycles. The van der Waals surface area contributed by atoms with Gasteiger partial charge < -0.3 is 0 Å². The van der Waals surface area contributed by atoms with Gasteiger partial charge in [-0.05, 0) is 37.0 Å². The van der Waals surface area contributed by atoms with E-state index in [1.54, 1.807) is 25.7 Å². The highest BCUT2D eigenvalue weighted by Crippen LogP contribution is 2.47. The minimum atomic E-state index is 1.12. The van der Waals surface area contributed by atoms with Gasteiger partial charge in [-0.25, -0.2) is 0 Å². The molecule has 12 heavy (non-hydrogen) atoms. The van der Waals surface area contributed by atoms with Crippen LogP contribution in [0.3, 0.4) is 0 Å². The van der Waals surface area contributed by atoms with Crippen molar-refractivity contribution >= 4 is 0 Å². The summed E-state index contributed by atoms with van der Waals surface area (Å²) < 4.78 is 0. The molecule has 0 bridgehead atoms. The highest BCUT2D eigenvalue weighted by molar-refractivity contribution is 4.87. The van der Waals surface area contributed by atoms with Crippen molar-refractivity contribution in [1.82, 2.24) is 0 Å². The van der Waals surface area contributed by atoms with Gasteiger partial charge in [0.15, 0.2) is 0 Å². The van der Waals surface area contributed by atoms with Crippen LogP contribution in [0.2, 0.25) is 0 Å². The Balaban J connectivity index is 1.87. The molecule has 0 amide bonds. The second-order valence-corrected chi connectivity index (χ2v) is 4.83. The van der Waals surface area contributed by atoms with E-state index in [1.807, 2.05) is 0 Å². The highest BCUT2D eigenvalue weighted by atomic mass is 14.4. The van der Waals surface area contributed by atoms with Crippen molar-refractivity contribution in [2.45, 2.75) is 58.3 Å². The van der Waals surface area contributed by atoms with Gasteiger partial charge in [-0.15, -0.1) is 0 Å². The highest BCUT2D eigenvalue weighted by Gasteiger charge is 2.36. The van der Waals surface area contributed by atoms with Gasteiger partial charge in [0.1, 0.15) is 0 Å². The SMILES string of the molecule is CCCC1CCCCC1C1CC1. The molecule has 2 saturated carbocycles. The molecule has 0 heteroatoms. The lowest BCUT2D eigenvalue weighted by Crippen LogP contribution is -2.20. The van der Waals surface area contributed by atoms with Crippen molar-refractivity contribution in [3.63, 3.8) is 0 Å². The van der Waals surface area contributed by atoms with E-state index in [-0.39, 0.29) is 0 Å². The van der Waals surface area contributed by atoms with E-state index in [0.717, 1.165) is 11.8 Å². The van der Waals surface area contributed by atoms with E-state index in [0.29, 0.717) is 0 Å². The third-order valence-electron chi connectivity index (χ3n) is 3.85. The molecule has 0 saturated heterocycles. The fourth-order valence-electron chi connectivity index (χ4n) is 3.11. The lowest BCUT2D eigenvalue weighted by atomic mass is 9.74. The van der Waals surface area contributed by atoms with Crippen LogP contribution in [0.25, 0.3) is 0 Å². The smallest absolute Gasteiger partial charge is 0.0357 e. The van der Waals surface area contributed by atoms with Gasteiger partial charge >= 0.3 is 0 Å². The molecule has 0 N–H and O–H groups in total. The molecule has 2 rings (SSSR count). The molecule has 0 nitrogen and oxygen atoms in total. The van der Waals surface area contributed by atoms with Gasteiger partial charge in [-0.2, -0.15) is 0 Å². The van der Waals surface area contributed by atoms with Crippen LogP contribution in [0.4, 0.5) is 0 Å². The summed E-state index contributed by atoms with van der Waals surface area (Å²) in [4.78, 5) is 0. The zero-order valence-electron chi connectivity index (χ0n) is 8.39. The molecule has 0 aromatic rings. The predicted octanol–water partition coefficient (Wildman–Crippen LogP) is 4.00. The third-order valence-corrected chi connectivity index (χ3v) is 3.85. The average molecular weight is 166 g/mol. The molecule has 2 aliphatic carbocycles. The summed E-state index contributed by atoms with van der Waals surface area (Å²) in [6.45, 7) is 2.35. The predicted molar refractivity (Wildman–Crippen MR) is 53.1 cm³/mol. The Morgan fingerprint density at radius 3 is 2.42 bits per heavy atom. The summed E-state index contributed by atoms with van der Waals surface area (Å²) >= 11 is 0. The fraction of sp³-hybridized carbons (Fsp3) is 1.00. The van der Waals surface area contributed by atoms with E-state index in [9.17, 15) is 0 Å². The lowest BCUT2D eigenvalue weighted by molar-refractivity contribution is 0.197. The van der Waals surface area contributed by atoms with E-state index in [4.69, 9.17) is 0 Å². The van der Waals surface area contributed by atoms with Crippen LogP contribution < -0.4 is 0 Å². The largest absolute Gasteiger partial charge is 0.0654 e. The zero-order chi connectivity index (χ0) is 8.39. The molecule has 0 spiro atoms. The van der Waals surface area contributed by atoms with Gasteiger partial charge in [0.25, 0.3) is 0 Å². The van der Waals surface area contributed by atoms with Crippen molar-refractivity contribution in [3.05, 3.63) is 0 Å². The molecular formula is C12H22. The quantitative estimate of drug-likeness (QED) is 0.594. The second kappa shape index (κ2) is 3.81. The normalized spacial score (nSPS) is 36.8. The van der Waals surface area contributed by atoms with Crippen LogP contribution in [0, 0.1) is 17.8 Å². The Bertz CT molecular complexity index is 133. The zero-order valence-corrected chi connectivity index (χ0v) is 8.39. The maximum Gasteiger partial charge on any atom is -0.0357 e. The molecular weight excluding hydrogens is 144 g/mol. The minimum Gasteiger partial charge on any atom is -0.0654 e. The Labute approximate surface area is 76.7 Å². The van der Waals surface area contributed by atoms with Crippen LogP contribution in [0.1, 0.15) is 58.3 Å². The molecule has 2 unspecified atom stereocenters. The maximum absolute atomic E-state index is 2.35. The van der Waals surface area contributed by atoms with Gasteiger partial charge in [0.05, 0.1) is 0 Å². The third kappa shape index (κ3) is 1.84. The van der Waals surface area contributed by atoms with Crippen molar-refractivity contribution in [2.24, 2.45) is 17.8 Å². The van der Waals surface area contributed by atoms with Gasteiger partial charge in [-0.3, -0.25) is 0 Å². The van der Waals surface area contributed by atoms with Crippen molar-refractivity contribution < 1.29 is 0 Å². The first-order valence-corrected chi connectivity index (χ1v) is 5.92. The summed E-state index contributed by atoms with van der Waals surface area (Å²) in [7, 11) is 0. The molecule has 0 radical (unpaired) electrons. The Morgan fingerprint density at radius 2 is 1.75 bits per heavy atom. The van der Waals surface area contributed by atoms with E-state index in [1.165, 1.54) is 31.6 Å². The first kappa shape index (κ1) is 8.59. The van der Waals surface area contributed by atoms with Crippen LogP contribution in [-0.4, -0.2) is 0 Å². The topological polar surface area (TPSA) is 0 Å². The van der Waals surface area contributed by atoms with E-state index in [2.05, 4.69) is 6.92 Å². The Morgan fingerprint density at radius 1 is 1.00 bits per heavy atom. The standard InChI is InChI=1S/C12H22/c1-2-5-10-6-3-4-7-12(10)11-8-9-11/h10-12H,2-9H2,1H3. The fourth-order valence-corrected chi connectivity index (χ4v) is 3.11. The summed E-state index contributed by atoms with van der Waals surface area (Å²) in [6.07, 6.45) is 12.2. The van der Waals surface area contributed by atoms with Crippen molar-refractivity contribution in [1.29, 1.82) is 0 Å². The molecule has 0 aliphatic heterocycles. The lowest BCUT2D eigenvalue weighted by Gasteiger charge is -2.31. The van der Waals surface area contributed by atoms with Crippen molar-refractivity contribution in [2.75, 3.05) is 0 Å². The van der Waals surface area contributed by atoms with Gasteiger partial charge in [0, 0.05) is 0 Å². The van der Waals surface area contributed by atoms with Crippen LogP contribution in [0.15, 0.2) is 0 Å². The first-order valence-electron chi connectivity index (χ1n) is 5.92. The monoisotopic (exact) mass is 166 g/mol. The summed E-state index contributed by atoms with van der Waals surface area (Å²) in [5.74, 6) is 3.44. The Kier molecular flexibility index (Phi) is 2.73. The molecule has 70 valence electrons. The van der Waals surface area contributed by atoms with Gasteiger partial charge in [-0.1, -0.05) is 39.0 Å². The summed E-state index contributed by atoms with van der Waals surface area (Å²) in [5.41, 5.74) is 0. The molecule has 0 aromatic heterocycles. The van der Waals surface area contributed by atoms with Crippen LogP contribution in [-0.2, 0) is 0 Å². The minimum absolute atomic E-state index is 1.12. The van der Waals surface area contributed by atoms with Crippen LogP contribution in [0.5, 0.6) is 0 Å². The van der Waals surface area contributed by atoms with E-state index < -0.39 is 0 Å². The van der Waals surface area contributed by atoms with Crippen molar-refractivity contribution in [3.8, 4) is 0 Å². The number of hydrogen-bond donors (Lipinski definition) is 0. The first-order chi connectivity index (χ1) is 5.92. The molecule has 2 atom stereocenters. The van der Waals surface area contributed by atoms with Gasteiger partial charge in [0.2, 0.25) is 0 Å². The molecule has 2 fully saturated rings. The van der Waals surface area contributed by atoms with Crippen LogP contribution >= 0.6 is 0 Å². The second-order valence-electron chi connectivity index (χ2n) is 4.83. The average Bonchev–Trinajstić information content (AvgIpc) is 2.89.